The highest BCUT2D eigenvalue weighted by Gasteiger charge is 2.34. The highest BCUT2D eigenvalue weighted by molar-refractivity contribution is 6.32. The van der Waals surface area contributed by atoms with E-state index in [9.17, 15) is 9.59 Å². The minimum Gasteiger partial charge on any atom is -0.398 e. The molecule has 0 spiro atoms. The number of carbonyl (C=O) groups is 2. The number of nitrogens with two attached hydrogens (primary N) is 1. The zero-order valence-corrected chi connectivity index (χ0v) is 19.2. The van der Waals surface area contributed by atoms with Gasteiger partial charge in [-0.3, -0.25) is 14.9 Å². The molecule has 0 atom stereocenters. The van der Waals surface area contributed by atoms with Gasteiger partial charge in [0, 0.05) is 41.8 Å². The predicted molar refractivity (Wildman–Crippen MR) is 134 cm³/mol. The van der Waals surface area contributed by atoms with Crippen LogP contribution >= 0.6 is 0 Å². The Kier molecular flexibility index (Phi) is 5.17. The Morgan fingerprint density at radius 1 is 0.939 bits per heavy atom. The van der Waals surface area contributed by atoms with Gasteiger partial charge in [0.25, 0.3) is 11.8 Å². The molecule has 168 valence electrons. The lowest BCUT2D eigenvalue weighted by atomic mass is 9.89. The van der Waals surface area contributed by atoms with Crippen molar-refractivity contribution in [1.29, 1.82) is 0 Å². The van der Waals surface area contributed by atoms with Crippen molar-refractivity contribution in [2.45, 2.75) is 20.3 Å². The number of hydrogen-bond donors (Lipinski definition) is 2. The summed E-state index contributed by atoms with van der Waals surface area (Å²) in [4.78, 5) is 28.3. The van der Waals surface area contributed by atoms with E-state index < -0.39 is 0 Å². The van der Waals surface area contributed by atoms with E-state index in [1.54, 1.807) is 0 Å². The van der Waals surface area contributed by atoms with Crippen LogP contribution in [-0.4, -0.2) is 40.9 Å². The molecule has 0 saturated carbocycles. The first-order chi connectivity index (χ1) is 15.9. The maximum atomic E-state index is 13.0. The Bertz CT molecular complexity index is 1430. The number of nitrogens with one attached hydrogen (secondary N) is 1. The number of hydrogen-bond acceptors (Lipinski definition) is 4. The van der Waals surface area contributed by atoms with Crippen molar-refractivity contribution >= 4 is 39.2 Å². The number of likely N-dealkylation sites (N-methyl/N-ethyl adjacent to an activating group) is 1. The third-order valence-corrected chi connectivity index (χ3v) is 6.90. The lowest BCUT2D eigenvalue weighted by Gasteiger charge is -2.19. The van der Waals surface area contributed by atoms with Crippen LogP contribution in [0.4, 0.5) is 5.69 Å². The minimum atomic E-state index is -0.369. The number of para-hydroxylation sites is 1. The molecule has 0 aliphatic carbocycles. The third-order valence-electron chi connectivity index (χ3n) is 6.90. The smallest absolute Gasteiger partial charge is 0.259 e. The molecule has 0 fully saturated rings. The SMILES string of the molecule is CCN(CC)CCc1cccc(-c2cc3ccc4ccn(C)c4c3c3c2C(=O)NC3=O)c1N. The molecule has 3 N–H and O–H groups in total. The molecular weight excluding hydrogens is 412 g/mol. The Hall–Kier alpha value is -3.64. The first-order valence-corrected chi connectivity index (χ1v) is 11.4. The summed E-state index contributed by atoms with van der Waals surface area (Å²) in [6.45, 7) is 7.21. The maximum absolute atomic E-state index is 13.0. The van der Waals surface area contributed by atoms with Gasteiger partial charge in [0.2, 0.25) is 0 Å². The molecule has 1 aromatic heterocycles. The van der Waals surface area contributed by atoms with E-state index >= 15 is 0 Å². The van der Waals surface area contributed by atoms with Crippen LogP contribution in [0.5, 0.6) is 0 Å². The summed E-state index contributed by atoms with van der Waals surface area (Å²) in [6.07, 6.45) is 2.79. The van der Waals surface area contributed by atoms with Crippen LogP contribution in [-0.2, 0) is 13.5 Å². The maximum Gasteiger partial charge on any atom is 0.259 e. The van der Waals surface area contributed by atoms with Gasteiger partial charge in [-0.05, 0) is 48.2 Å². The molecule has 4 aromatic rings. The zero-order valence-electron chi connectivity index (χ0n) is 19.2. The van der Waals surface area contributed by atoms with Gasteiger partial charge in [0.1, 0.15) is 0 Å². The number of nitrogen functional groups attached to an aromatic ring is 1. The number of imide groups is 1. The third kappa shape index (κ3) is 3.29. The molecule has 0 radical (unpaired) electrons. The Morgan fingerprint density at radius 2 is 1.67 bits per heavy atom. The van der Waals surface area contributed by atoms with Crippen LogP contribution in [0, 0.1) is 0 Å². The summed E-state index contributed by atoms with van der Waals surface area (Å²) in [5.41, 5.74) is 11.7. The highest BCUT2D eigenvalue weighted by Crippen LogP contribution is 2.41. The summed E-state index contributed by atoms with van der Waals surface area (Å²) in [5.74, 6) is -0.724. The predicted octanol–water partition coefficient (Wildman–Crippen LogP) is 4.35. The van der Waals surface area contributed by atoms with Crippen molar-refractivity contribution in [2.75, 3.05) is 25.4 Å². The molecule has 2 amide bonds. The van der Waals surface area contributed by atoms with Crippen molar-refractivity contribution in [3.8, 4) is 11.1 Å². The van der Waals surface area contributed by atoms with E-state index in [2.05, 4.69) is 24.1 Å². The van der Waals surface area contributed by atoms with E-state index in [-0.39, 0.29) is 11.8 Å². The number of amides is 2. The van der Waals surface area contributed by atoms with Crippen LogP contribution in [0.2, 0.25) is 0 Å². The van der Waals surface area contributed by atoms with Crippen LogP contribution in [0.15, 0.2) is 48.7 Å². The fourth-order valence-electron chi connectivity index (χ4n) is 5.06. The Labute approximate surface area is 193 Å². The second-order valence-corrected chi connectivity index (χ2v) is 8.64. The lowest BCUT2D eigenvalue weighted by molar-refractivity contribution is 0.0880. The van der Waals surface area contributed by atoms with E-state index in [1.165, 1.54) is 0 Å². The summed E-state index contributed by atoms with van der Waals surface area (Å²) in [6, 6.07) is 14.0. The van der Waals surface area contributed by atoms with Crippen molar-refractivity contribution in [3.05, 3.63) is 65.4 Å². The molecule has 0 saturated heterocycles. The van der Waals surface area contributed by atoms with Crippen LogP contribution < -0.4 is 11.1 Å². The molecule has 33 heavy (non-hydrogen) atoms. The topological polar surface area (TPSA) is 80.4 Å². The standard InChI is InChI=1S/C27H28N4O2/c1-4-31(5-2)14-12-16-7-6-8-19(24(16)28)20-15-18-10-9-17-11-13-30(3)25(17)21(18)23-22(20)26(32)29-27(23)33/h6-11,13,15H,4-5,12,14,28H2,1-3H3,(H,29,32,33). The lowest BCUT2D eigenvalue weighted by Crippen LogP contribution is -2.25. The number of rotatable bonds is 6. The number of aryl methyl sites for hydroxylation is 1. The van der Waals surface area contributed by atoms with Gasteiger partial charge in [0.15, 0.2) is 0 Å². The van der Waals surface area contributed by atoms with Crippen molar-refractivity contribution in [3.63, 3.8) is 0 Å². The molecule has 0 unspecified atom stereocenters. The zero-order chi connectivity index (χ0) is 23.3. The Morgan fingerprint density at radius 3 is 2.42 bits per heavy atom. The number of fused-ring (bicyclic) bond motifs is 5. The molecule has 2 heterocycles. The fraction of sp³-hybridized carbons (Fsp3) is 0.259. The van der Waals surface area contributed by atoms with Gasteiger partial charge in [-0.1, -0.05) is 44.2 Å². The average molecular weight is 441 g/mol. The summed E-state index contributed by atoms with van der Waals surface area (Å²) in [5, 5.41) is 5.26. The van der Waals surface area contributed by atoms with E-state index in [4.69, 9.17) is 5.73 Å². The van der Waals surface area contributed by atoms with Crippen molar-refractivity contribution in [2.24, 2.45) is 7.05 Å². The van der Waals surface area contributed by atoms with Gasteiger partial charge >= 0.3 is 0 Å². The molecule has 6 heteroatoms. The first kappa shape index (κ1) is 21.2. The summed E-state index contributed by atoms with van der Waals surface area (Å²) in [7, 11) is 1.95. The average Bonchev–Trinajstić information content (AvgIpc) is 3.34. The molecule has 1 aliphatic rings. The van der Waals surface area contributed by atoms with E-state index in [0.717, 1.165) is 58.9 Å². The van der Waals surface area contributed by atoms with Gasteiger partial charge in [-0.2, -0.15) is 0 Å². The molecule has 5 rings (SSSR count). The highest BCUT2D eigenvalue weighted by atomic mass is 16.2. The first-order valence-electron chi connectivity index (χ1n) is 11.4. The quantitative estimate of drug-likeness (QED) is 0.345. The number of benzene rings is 3. The van der Waals surface area contributed by atoms with Crippen LogP contribution in [0.25, 0.3) is 32.8 Å². The molecule has 3 aromatic carbocycles. The number of aromatic nitrogens is 1. The number of carbonyl (C=O) groups excluding carboxylic acids is 2. The van der Waals surface area contributed by atoms with Gasteiger partial charge in [0.05, 0.1) is 16.6 Å². The van der Waals surface area contributed by atoms with Gasteiger partial charge in [-0.15, -0.1) is 0 Å². The van der Waals surface area contributed by atoms with Crippen molar-refractivity contribution in [1.82, 2.24) is 14.8 Å². The minimum absolute atomic E-state index is 0.355. The normalized spacial score (nSPS) is 13.3. The molecule has 0 bridgehead atoms. The van der Waals surface area contributed by atoms with E-state index in [1.807, 2.05) is 60.3 Å². The Balaban J connectivity index is 1.74. The fourth-order valence-corrected chi connectivity index (χ4v) is 5.06. The van der Waals surface area contributed by atoms with E-state index in [0.29, 0.717) is 22.4 Å². The summed E-state index contributed by atoms with van der Waals surface area (Å²) >= 11 is 0. The second-order valence-electron chi connectivity index (χ2n) is 8.64. The second kappa shape index (κ2) is 8.05. The molecular formula is C27H28N4O2. The molecule has 6 nitrogen and oxygen atoms in total. The van der Waals surface area contributed by atoms with Crippen molar-refractivity contribution < 1.29 is 9.59 Å². The summed E-state index contributed by atoms with van der Waals surface area (Å²) < 4.78 is 2.00. The van der Waals surface area contributed by atoms with Gasteiger partial charge < -0.3 is 15.2 Å². The van der Waals surface area contributed by atoms with Crippen LogP contribution in [0.1, 0.15) is 40.1 Å². The van der Waals surface area contributed by atoms with Crippen LogP contribution in [0.3, 0.4) is 0 Å². The monoisotopic (exact) mass is 440 g/mol. The van der Waals surface area contributed by atoms with Gasteiger partial charge in [-0.25, -0.2) is 0 Å². The molecule has 1 aliphatic heterocycles. The number of nitrogens with zero attached hydrogens (tertiary/aromatic N) is 2. The largest absolute Gasteiger partial charge is 0.398 e. The number of anilines is 1.